The van der Waals surface area contributed by atoms with Gasteiger partial charge in [0.2, 0.25) is 5.91 Å². The molecule has 13 N–H and O–H groups in total. The van der Waals surface area contributed by atoms with Gasteiger partial charge in [-0.05, 0) is 70.6 Å². The number of amides is 1. The van der Waals surface area contributed by atoms with Crippen LogP contribution in [0.4, 0.5) is 0 Å². The Morgan fingerprint density at radius 1 is 0.390 bits per heavy atom. The molecule has 0 radical (unpaired) electrons. The summed E-state index contributed by atoms with van der Waals surface area (Å²) in [6.45, 7) is 4.31. The number of hydrogen-bond donors (Lipinski definition) is 13. The van der Waals surface area contributed by atoms with E-state index in [2.05, 4.69) is 5.32 Å². The third kappa shape index (κ3) is 55.6. The summed E-state index contributed by atoms with van der Waals surface area (Å²) >= 11 is 0. The predicted molar refractivity (Wildman–Crippen MR) is 435 cm³/mol. The van der Waals surface area contributed by atoms with Gasteiger partial charge in [0.05, 0.1) is 130 Å². The highest BCUT2D eigenvalue weighted by atomic mass is 31.2. The van der Waals surface area contributed by atoms with Crippen molar-refractivity contribution in [2.75, 3.05) is 179 Å². The molecule has 3 saturated heterocycles. The lowest BCUT2D eigenvalue weighted by atomic mass is 9.92. The van der Waals surface area contributed by atoms with Crippen LogP contribution in [0.1, 0.15) is 196 Å². The smallest absolute Gasteiger partial charge is 0.472 e. The van der Waals surface area contributed by atoms with Gasteiger partial charge in [0.25, 0.3) is 15.6 Å². The van der Waals surface area contributed by atoms with Gasteiger partial charge in [-0.15, -0.1) is 0 Å². The number of carbonyl (C=O) groups is 1. The van der Waals surface area contributed by atoms with Gasteiger partial charge in [0, 0.05) is 91.2 Å². The van der Waals surface area contributed by atoms with Gasteiger partial charge in [-0.25, -0.2) is 9.13 Å². The maximum Gasteiger partial charge on any atom is 0.472 e. The van der Waals surface area contributed by atoms with E-state index in [0.717, 1.165) is 0 Å². The SMILES string of the molecule is C.C.C.C.C.C.C.CC.COCCCOCC(CO)COCCCOP(=O)([O-])OCC(COCCCOP(=O)([O-])OCCCCCCO[C@@H]1OC(CO)[C@H](O)[C@H](O)C1NC(C)=O)(COCCCOP(=O)(O)OCCCCCCO[C@@H]1OC(CO)[C@H](O)[C@H](O)C1C)COCCCOP(=O)(O)OCCCCCCO[C@@H]1OC(CO)[C@H](O)[C@H](O)C1C. The van der Waals surface area contributed by atoms with E-state index in [1.807, 2.05) is 13.8 Å². The average molecular weight is 1810 g/mol. The van der Waals surface area contributed by atoms with E-state index in [1.165, 1.54) is 6.92 Å². The van der Waals surface area contributed by atoms with Gasteiger partial charge in [-0.3, -0.25) is 32.0 Å². The fourth-order valence-corrected chi connectivity index (χ4v) is 14.3. The summed E-state index contributed by atoms with van der Waals surface area (Å²) in [6.07, 6.45) is -6.90. The quantitative estimate of drug-likeness (QED) is 0.0251. The highest BCUT2D eigenvalue weighted by Gasteiger charge is 2.47. The molecular formula is C74H161NO39P4-2. The van der Waals surface area contributed by atoms with Crippen LogP contribution in [0.3, 0.4) is 0 Å². The maximum atomic E-state index is 13.4. The first-order chi connectivity index (χ1) is 53.0. The summed E-state index contributed by atoms with van der Waals surface area (Å²) in [6, 6.07) is -1.11. The van der Waals surface area contributed by atoms with Crippen LogP contribution < -0.4 is 15.1 Å². The Balaban J connectivity index is -0.00000346. The van der Waals surface area contributed by atoms with Crippen LogP contribution in [-0.4, -0.2) is 325 Å². The Labute approximate surface area is 704 Å². The molecule has 3 fully saturated rings. The fraction of sp³-hybridized carbons (Fsp3) is 0.986. The van der Waals surface area contributed by atoms with Gasteiger partial charge in [0.1, 0.15) is 48.8 Å². The largest absolute Gasteiger partial charge is 0.756 e. The molecule has 11 unspecified atom stereocenters. The van der Waals surface area contributed by atoms with Crippen molar-refractivity contribution in [2.45, 2.75) is 276 Å². The minimum atomic E-state index is -5.13. The second kappa shape index (κ2) is 74.0. The number of ether oxygens (including phenoxy) is 12. The fourth-order valence-electron chi connectivity index (χ4n) is 11.0. The molecule has 118 heavy (non-hydrogen) atoms. The molecule has 3 aliphatic heterocycles. The Bertz CT molecular complexity index is 2430. The van der Waals surface area contributed by atoms with E-state index < -0.39 is 167 Å². The molecule has 0 saturated carbocycles. The molecule has 3 rings (SSSR count). The van der Waals surface area contributed by atoms with Gasteiger partial charge < -0.3 is 151 Å². The monoisotopic (exact) mass is 1810 g/mol. The van der Waals surface area contributed by atoms with E-state index >= 15 is 0 Å². The second-order valence-corrected chi connectivity index (χ2v) is 32.7. The van der Waals surface area contributed by atoms with E-state index in [-0.39, 0.29) is 209 Å². The van der Waals surface area contributed by atoms with Crippen molar-refractivity contribution in [3.63, 3.8) is 0 Å². The molecule has 1 amide bonds. The van der Waals surface area contributed by atoms with Crippen LogP contribution >= 0.6 is 31.3 Å². The first-order valence-electron chi connectivity index (χ1n) is 38.4. The van der Waals surface area contributed by atoms with Crippen LogP contribution in [0.25, 0.3) is 0 Å². The van der Waals surface area contributed by atoms with Crippen LogP contribution in [-0.2, 0) is 116 Å². The van der Waals surface area contributed by atoms with Crippen molar-refractivity contribution in [1.82, 2.24) is 5.32 Å². The third-order valence-electron chi connectivity index (χ3n) is 17.4. The van der Waals surface area contributed by atoms with Crippen LogP contribution in [0.15, 0.2) is 0 Å². The Morgan fingerprint density at radius 2 is 0.678 bits per heavy atom. The summed E-state index contributed by atoms with van der Waals surface area (Å²) in [5.41, 5.74) is -1.53. The van der Waals surface area contributed by atoms with E-state index in [9.17, 15) is 93.7 Å². The molecule has 0 aromatic heterocycles. The zero-order valence-electron chi connectivity index (χ0n) is 65.3. The van der Waals surface area contributed by atoms with Crippen molar-refractivity contribution >= 4 is 37.2 Å². The maximum absolute atomic E-state index is 13.4. The molecule has 0 aliphatic carbocycles. The lowest BCUT2D eigenvalue weighted by Crippen LogP contribution is -2.64. The zero-order valence-corrected chi connectivity index (χ0v) is 68.9. The lowest BCUT2D eigenvalue weighted by Gasteiger charge is -2.42. The average Bonchev–Trinajstić information content (AvgIpc) is 0.816. The van der Waals surface area contributed by atoms with Crippen molar-refractivity contribution in [1.29, 1.82) is 0 Å². The Morgan fingerprint density at radius 3 is 1.02 bits per heavy atom. The van der Waals surface area contributed by atoms with Crippen molar-refractivity contribution in [2.24, 2.45) is 23.2 Å². The first-order valence-corrected chi connectivity index (χ1v) is 44.3. The van der Waals surface area contributed by atoms with E-state index in [0.29, 0.717) is 96.7 Å². The predicted octanol–water partition coefficient (Wildman–Crippen LogP) is 5.84. The number of carbonyl (C=O) groups excluding carboxylic acids is 1. The molecule has 3 heterocycles. The number of phosphoric ester groups is 4. The van der Waals surface area contributed by atoms with E-state index in [1.54, 1.807) is 21.0 Å². The molecule has 0 bridgehead atoms. The normalized spacial score (nSPS) is 25.8. The number of aliphatic hydroxyl groups excluding tert-OH is 10. The molecule has 0 aromatic carbocycles. The van der Waals surface area contributed by atoms with Gasteiger partial charge >= 0.3 is 15.6 Å². The molecule has 0 aromatic rings. The molecule has 20 atom stereocenters. The van der Waals surface area contributed by atoms with Crippen LogP contribution in [0.5, 0.6) is 0 Å². The first kappa shape index (κ1) is 128. The van der Waals surface area contributed by atoms with Gasteiger partial charge in [0.15, 0.2) is 18.9 Å². The standard InChI is InChI=1S/C65H129NO39P4.C2H6.7CH4/c1-48-56(72)58(74)52(39-68)103-62(48)92-28-11-5-8-14-31-95-106(78,79)98-35-19-25-89-44-65(47-102-109(84,85)101-34-18-24-88-43-51(38-67)42-87-23-17-22-86-4,45-90-26-20-36-99-107(80,81)96-32-15-9-6-12-29-93-63-49(2)57(73)59(75)53(40-69)104-63)46-91-27-21-37-100-108(82,83)97-33-16-10-7-13-30-94-64-55(66-50(3)71)61(77)60(76)54(41-70)105-64;1-2;;;;;;;/h48-49,51-64,67-70,72-77H,5-47H2,1-4H3,(H,66,71)(H,78,79)(H,80,81)(H,82,83)(H,84,85);1-2H3;7*1H4/p-2/t48?,49?,51?,52?,53?,54?,55?,56-,57-,58+,59+,60+,61-,62-,63-,64-,65?;;;;;;;;/m1......../s1. The number of methoxy groups -OCH3 is 1. The highest BCUT2D eigenvalue weighted by Crippen LogP contribution is 2.45. The second-order valence-electron chi connectivity index (χ2n) is 27.0. The summed E-state index contributed by atoms with van der Waals surface area (Å²) in [4.78, 5) is 58.7. The molecule has 0 spiro atoms. The molecule has 44 heteroatoms. The third-order valence-corrected chi connectivity index (χ3v) is 21.4. The number of unbranched alkanes of at least 4 members (excludes halogenated alkanes) is 9. The number of rotatable bonds is 69. The lowest BCUT2D eigenvalue weighted by molar-refractivity contribution is -0.282. The molecule has 718 valence electrons. The molecular weight excluding hydrogens is 1650 g/mol. The summed E-state index contributed by atoms with van der Waals surface area (Å²) < 4.78 is 161. The van der Waals surface area contributed by atoms with Gasteiger partial charge in [-0.1, -0.05) is 118 Å². The van der Waals surface area contributed by atoms with Crippen LogP contribution in [0.2, 0.25) is 0 Å². The van der Waals surface area contributed by atoms with Crippen molar-refractivity contribution < 1.29 is 187 Å². The molecule has 3 aliphatic rings. The molecule has 40 nitrogen and oxygen atoms in total. The Hall–Kier alpha value is -0.970. The zero-order chi connectivity index (χ0) is 82.6. The summed E-state index contributed by atoms with van der Waals surface area (Å²) in [5.74, 6) is -1.95. The summed E-state index contributed by atoms with van der Waals surface area (Å²) in [7, 11) is -17.5. The number of aliphatic hydroxyl groups is 10. The highest BCUT2D eigenvalue weighted by molar-refractivity contribution is 7.47. The summed E-state index contributed by atoms with van der Waals surface area (Å²) in [5, 5.41) is 102. The van der Waals surface area contributed by atoms with Crippen molar-refractivity contribution in [3.05, 3.63) is 0 Å². The van der Waals surface area contributed by atoms with Gasteiger partial charge in [-0.2, -0.15) is 0 Å². The minimum Gasteiger partial charge on any atom is -0.756 e. The van der Waals surface area contributed by atoms with Crippen molar-refractivity contribution in [3.8, 4) is 0 Å². The topological polar surface area (TPSA) is 571 Å². The Kier molecular flexibility index (Phi) is 80.2. The number of nitrogens with one attached hydrogen (secondary N) is 1. The minimum absolute atomic E-state index is 0. The number of hydrogen-bond acceptors (Lipinski definition) is 37. The number of phosphoric acid groups is 4. The van der Waals surface area contributed by atoms with Crippen LogP contribution in [0, 0.1) is 23.2 Å². The van der Waals surface area contributed by atoms with E-state index in [4.69, 9.17) is 93.0 Å².